The van der Waals surface area contributed by atoms with Crippen molar-refractivity contribution in [2.75, 3.05) is 13.2 Å². The number of rotatable bonds is 15. The molecule has 2 aliphatic rings. The van der Waals surface area contributed by atoms with Crippen LogP contribution in [0.2, 0.25) is 0 Å². The van der Waals surface area contributed by atoms with Crippen LogP contribution in [0.25, 0.3) is 10.4 Å². The summed E-state index contributed by atoms with van der Waals surface area (Å²) in [7, 11) is 0. The number of nitriles is 1. The Bertz CT molecular complexity index is 1780. The Morgan fingerprint density at radius 1 is 1.07 bits per heavy atom. The van der Waals surface area contributed by atoms with E-state index in [1.165, 1.54) is 16.2 Å². The number of benzene rings is 1. The Hall–Kier alpha value is -4.06. The minimum absolute atomic E-state index is 0.0365. The van der Waals surface area contributed by atoms with Gasteiger partial charge < -0.3 is 34.9 Å². The molecular formula is C41H59N5O8S. The van der Waals surface area contributed by atoms with Crippen LogP contribution >= 0.6 is 11.3 Å². The van der Waals surface area contributed by atoms with Crippen LogP contribution in [0.1, 0.15) is 113 Å². The van der Waals surface area contributed by atoms with Crippen LogP contribution in [-0.4, -0.2) is 86.8 Å². The van der Waals surface area contributed by atoms with E-state index < -0.39 is 63.5 Å². The molecule has 13 nitrogen and oxygen atoms in total. The van der Waals surface area contributed by atoms with Gasteiger partial charge in [-0.3, -0.25) is 19.2 Å². The fourth-order valence-corrected chi connectivity index (χ4v) is 7.22. The molecule has 1 aliphatic carbocycles. The van der Waals surface area contributed by atoms with Crippen LogP contribution in [0, 0.1) is 29.1 Å². The van der Waals surface area contributed by atoms with Gasteiger partial charge in [0.1, 0.15) is 34.5 Å². The summed E-state index contributed by atoms with van der Waals surface area (Å²) in [5.41, 5.74) is 0.341. The maximum absolute atomic E-state index is 14.0. The van der Waals surface area contributed by atoms with E-state index in [1.54, 1.807) is 26.3 Å². The van der Waals surface area contributed by atoms with Crippen LogP contribution < -0.4 is 15.4 Å². The van der Waals surface area contributed by atoms with Crippen molar-refractivity contribution in [3.05, 3.63) is 35.0 Å². The minimum atomic E-state index is -1.13. The summed E-state index contributed by atoms with van der Waals surface area (Å²) >= 11 is 1.51. The highest BCUT2D eigenvalue weighted by Gasteiger charge is 2.53. The first kappa shape index (κ1) is 43.7. The molecule has 3 amide bonds. The summed E-state index contributed by atoms with van der Waals surface area (Å²) in [6.45, 7) is 20.7. The summed E-state index contributed by atoms with van der Waals surface area (Å²) in [5.74, 6) is -1.22. The van der Waals surface area contributed by atoms with Crippen LogP contribution in [0.4, 0.5) is 0 Å². The molecule has 55 heavy (non-hydrogen) atoms. The number of aryl methyl sites for hydroxylation is 1. The Labute approximate surface area is 329 Å². The highest BCUT2D eigenvalue weighted by atomic mass is 32.1. The molecule has 0 radical (unpaired) electrons. The predicted molar refractivity (Wildman–Crippen MR) is 209 cm³/mol. The number of aromatic nitrogens is 1. The van der Waals surface area contributed by atoms with Crippen LogP contribution in [0.3, 0.4) is 0 Å². The molecule has 1 aromatic heterocycles. The van der Waals surface area contributed by atoms with Crippen LogP contribution in [-0.2, 0) is 35.2 Å². The molecule has 1 aliphatic heterocycles. The molecule has 14 heteroatoms. The predicted octanol–water partition coefficient (Wildman–Crippen LogP) is 5.61. The minimum Gasteiger partial charge on any atom is -0.487 e. The number of aliphatic hydroxyl groups excluding tert-OH is 1. The number of nitrogens with zero attached hydrogens (tertiary/aromatic N) is 3. The van der Waals surface area contributed by atoms with E-state index in [0.29, 0.717) is 37.2 Å². The second-order valence-electron chi connectivity index (χ2n) is 18.2. The normalized spacial score (nSPS) is 18.9. The largest absolute Gasteiger partial charge is 0.487 e. The first-order valence-electron chi connectivity index (χ1n) is 18.9. The van der Waals surface area contributed by atoms with E-state index in [4.69, 9.17) is 14.2 Å². The van der Waals surface area contributed by atoms with Crippen LogP contribution in [0.5, 0.6) is 5.75 Å². The van der Waals surface area contributed by atoms with E-state index in [0.717, 1.165) is 16.1 Å². The van der Waals surface area contributed by atoms with E-state index in [-0.39, 0.29) is 31.9 Å². The number of carbonyl (C=O) groups is 4. The van der Waals surface area contributed by atoms with E-state index >= 15 is 0 Å². The van der Waals surface area contributed by atoms with E-state index in [1.807, 2.05) is 73.6 Å². The number of aliphatic hydroxyl groups is 1. The molecule has 302 valence electrons. The highest BCUT2D eigenvalue weighted by Crippen LogP contribution is 2.45. The number of ether oxygens (including phenoxy) is 3. The van der Waals surface area contributed by atoms with E-state index in [9.17, 15) is 29.5 Å². The number of hydrogen-bond acceptors (Lipinski definition) is 11. The van der Waals surface area contributed by atoms with Gasteiger partial charge in [-0.25, -0.2) is 4.98 Å². The zero-order valence-corrected chi connectivity index (χ0v) is 35.1. The molecule has 3 atom stereocenters. The number of likely N-dealkylation sites (tertiary alicyclic amines) is 1. The topological polar surface area (TPSA) is 180 Å². The first-order valence-corrected chi connectivity index (χ1v) is 19.8. The Morgan fingerprint density at radius 2 is 1.75 bits per heavy atom. The average Bonchev–Trinajstić information content (AvgIpc) is 3.58. The van der Waals surface area contributed by atoms with Gasteiger partial charge >= 0.3 is 5.97 Å². The van der Waals surface area contributed by atoms with Gasteiger partial charge in [0.2, 0.25) is 17.7 Å². The van der Waals surface area contributed by atoms with Gasteiger partial charge in [-0.2, -0.15) is 5.26 Å². The molecule has 0 spiro atoms. The van der Waals surface area contributed by atoms with Crippen molar-refractivity contribution in [3.8, 4) is 22.3 Å². The molecule has 4 rings (SSSR count). The van der Waals surface area contributed by atoms with Crippen molar-refractivity contribution in [2.45, 2.75) is 150 Å². The van der Waals surface area contributed by atoms with Crippen molar-refractivity contribution in [2.24, 2.45) is 10.8 Å². The number of esters is 1. The summed E-state index contributed by atoms with van der Waals surface area (Å²) < 4.78 is 18.3. The third kappa shape index (κ3) is 11.7. The lowest BCUT2D eigenvalue weighted by molar-refractivity contribution is -0.161. The Balaban J connectivity index is 1.49. The molecule has 1 unspecified atom stereocenters. The standard InChI is InChI=1S/C41H59N5O8S/c1-25-32(55-24-44-25)26-12-13-27(30(18-26)53-39(8,9)16-17-52-40(10,11)20-31(48)54-38(5,6)7)21-43-34(49)29-19-28(47)22-46(29)35(50)33(37(2,3)4)45-36(51)41(23-42)14-15-41/h12-13,18,24,28-29,33,47H,14-17,19-22H2,1-11H3,(H,43,49)(H,45,51)/t28-,29+,33?/m1/s1. The van der Waals surface area contributed by atoms with Gasteiger partial charge in [0, 0.05) is 31.5 Å². The fraction of sp³-hybridized carbons (Fsp3) is 0.659. The number of thiazole rings is 1. The van der Waals surface area contributed by atoms with Gasteiger partial charge in [0.25, 0.3) is 0 Å². The lowest BCUT2D eigenvalue weighted by Gasteiger charge is -2.35. The molecule has 2 fully saturated rings. The van der Waals surface area contributed by atoms with Gasteiger partial charge in [0.15, 0.2) is 0 Å². The SMILES string of the molecule is Cc1ncsc1-c1ccc(CNC(=O)[C@@H]2C[C@@H](O)CN2C(=O)C(NC(=O)C2(C#N)CC2)C(C)(C)C)c(OC(C)(C)CCOC(C)(C)CC(=O)OC(C)(C)C)c1. The van der Waals surface area contributed by atoms with Gasteiger partial charge in [-0.15, -0.1) is 11.3 Å². The molecule has 1 aromatic carbocycles. The molecule has 2 aromatic rings. The molecule has 1 saturated heterocycles. The second kappa shape index (κ2) is 16.6. The molecule has 2 heterocycles. The number of nitrogens with one attached hydrogen (secondary N) is 2. The van der Waals surface area contributed by atoms with Crippen molar-refractivity contribution in [3.63, 3.8) is 0 Å². The summed E-state index contributed by atoms with van der Waals surface area (Å²) in [4.78, 5) is 60.1. The monoisotopic (exact) mass is 781 g/mol. The van der Waals surface area contributed by atoms with Crippen LogP contribution in [0.15, 0.2) is 23.7 Å². The summed E-state index contributed by atoms with van der Waals surface area (Å²) in [6, 6.07) is 5.85. The zero-order chi connectivity index (χ0) is 41.1. The zero-order valence-electron chi connectivity index (χ0n) is 34.3. The Morgan fingerprint density at radius 3 is 2.31 bits per heavy atom. The van der Waals surface area contributed by atoms with Crippen molar-refractivity contribution >= 4 is 35.0 Å². The van der Waals surface area contributed by atoms with Crippen molar-refractivity contribution < 1.29 is 38.5 Å². The molecular weight excluding hydrogens is 723 g/mol. The lowest BCUT2D eigenvalue weighted by Crippen LogP contribution is -2.58. The van der Waals surface area contributed by atoms with Gasteiger partial charge in [-0.05, 0) is 85.3 Å². The quantitative estimate of drug-likeness (QED) is 0.193. The average molecular weight is 782 g/mol. The number of carbonyl (C=O) groups excluding carboxylic acids is 4. The maximum atomic E-state index is 14.0. The molecule has 1 saturated carbocycles. The smallest absolute Gasteiger partial charge is 0.309 e. The van der Waals surface area contributed by atoms with Crippen molar-refractivity contribution in [1.29, 1.82) is 5.26 Å². The third-order valence-electron chi connectivity index (χ3n) is 9.75. The fourth-order valence-electron chi connectivity index (χ4n) is 6.42. The summed E-state index contributed by atoms with van der Waals surface area (Å²) in [5, 5.41) is 26.0. The number of hydrogen-bond donors (Lipinski definition) is 3. The number of amides is 3. The van der Waals surface area contributed by atoms with E-state index in [2.05, 4.69) is 21.7 Å². The second-order valence-corrected chi connectivity index (χ2v) is 19.0. The Kier molecular flexibility index (Phi) is 13.2. The molecule has 3 N–H and O–H groups in total. The highest BCUT2D eigenvalue weighted by molar-refractivity contribution is 7.13. The first-order chi connectivity index (χ1) is 25.4. The van der Waals surface area contributed by atoms with Gasteiger partial charge in [0.05, 0.1) is 46.9 Å². The van der Waals surface area contributed by atoms with Gasteiger partial charge in [-0.1, -0.05) is 32.9 Å². The third-order valence-corrected chi connectivity index (χ3v) is 10.7. The number of β-amino-alcohol motifs (C(OH)–C–C–N with tert-alkyl or cyclic N) is 1. The van der Waals surface area contributed by atoms with Crippen molar-refractivity contribution in [1.82, 2.24) is 20.5 Å². The maximum Gasteiger partial charge on any atom is 0.309 e. The summed E-state index contributed by atoms with van der Waals surface area (Å²) in [6.07, 6.45) is 0.558. The molecule has 0 bridgehead atoms. The lowest BCUT2D eigenvalue weighted by atomic mass is 9.85.